The van der Waals surface area contributed by atoms with Crippen molar-refractivity contribution < 1.29 is 35.8 Å². The average Bonchev–Trinajstić information content (AvgIpc) is 2.62. The van der Waals surface area contributed by atoms with Crippen molar-refractivity contribution >= 4 is 0 Å². The molecule has 0 amide bonds. The number of halogens is 6. The van der Waals surface area contributed by atoms with E-state index in [0.29, 0.717) is 0 Å². The van der Waals surface area contributed by atoms with E-state index in [-0.39, 0.29) is 5.56 Å². The van der Waals surface area contributed by atoms with E-state index in [0.717, 1.165) is 24.3 Å². The van der Waals surface area contributed by atoms with Gasteiger partial charge in [0, 0.05) is 30.9 Å². The summed E-state index contributed by atoms with van der Waals surface area (Å²) in [7, 11) is 2.51. The minimum Gasteiger partial charge on any atom is -0.352 e. The smallest absolute Gasteiger partial charge is 0.352 e. The van der Waals surface area contributed by atoms with Gasteiger partial charge < -0.3 is 9.47 Å². The summed E-state index contributed by atoms with van der Waals surface area (Å²) < 4.78 is 93.3. The normalized spacial score (nSPS) is 15.1. The topological polar surface area (TPSA) is 18.5 Å². The molecule has 0 aromatic heterocycles. The van der Waals surface area contributed by atoms with Crippen LogP contribution in [0.15, 0.2) is 54.6 Å². The second kappa shape index (κ2) is 7.28. The van der Waals surface area contributed by atoms with Gasteiger partial charge in [0.15, 0.2) is 6.29 Å². The van der Waals surface area contributed by atoms with Crippen LogP contribution in [-0.2, 0) is 15.1 Å². The summed E-state index contributed by atoms with van der Waals surface area (Å²) in [5, 5.41) is 0. The van der Waals surface area contributed by atoms with Crippen LogP contribution in [0.1, 0.15) is 23.0 Å². The first kappa shape index (κ1) is 20.3. The first-order valence-corrected chi connectivity index (χ1v) is 7.44. The van der Waals surface area contributed by atoms with Crippen LogP contribution in [0.5, 0.6) is 0 Å². The number of ether oxygens (including phenoxy) is 2. The van der Waals surface area contributed by atoms with Crippen LogP contribution >= 0.6 is 0 Å². The molecule has 2 aromatic carbocycles. The summed E-state index contributed by atoms with van der Waals surface area (Å²) in [6, 6.07) is 9.82. The second-order valence-electron chi connectivity index (χ2n) is 5.53. The number of hydrogen-bond donors (Lipinski definition) is 0. The van der Waals surface area contributed by atoms with E-state index in [2.05, 4.69) is 0 Å². The largest absolute Gasteiger partial charge is 0.457 e. The van der Waals surface area contributed by atoms with E-state index < -0.39 is 35.2 Å². The molecule has 0 saturated carbocycles. The van der Waals surface area contributed by atoms with E-state index in [4.69, 9.17) is 9.47 Å². The maximum Gasteiger partial charge on any atom is 0.457 e. The molecule has 0 aliphatic rings. The lowest BCUT2D eigenvalue weighted by atomic mass is 9.81. The Hall–Kier alpha value is -2.06. The molecule has 26 heavy (non-hydrogen) atoms. The van der Waals surface area contributed by atoms with Gasteiger partial charge in [-0.05, 0) is 6.07 Å². The Balaban J connectivity index is 2.73. The Bertz CT molecular complexity index is 728. The van der Waals surface area contributed by atoms with E-state index >= 15 is 4.39 Å². The lowest BCUT2D eigenvalue weighted by Gasteiger charge is -2.35. The summed E-state index contributed by atoms with van der Waals surface area (Å²) >= 11 is 0. The molecule has 142 valence electrons. The van der Waals surface area contributed by atoms with E-state index in [1.807, 2.05) is 0 Å². The van der Waals surface area contributed by atoms with Crippen LogP contribution in [0.3, 0.4) is 0 Å². The molecule has 0 saturated heterocycles. The standard InChI is InChI=1S/C18H16F6O2/c1-25-15(26-2)12-7-6-10-14(11-12)16(19,13-8-4-3-5-9-13)17(20,21)18(22,23)24/h3-11,15H,1-2H3. The predicted molar refractivity (Wildman–Crippen MR) is 82.5 cm³/mol. The first-order chi connectivity index (χ1) is 12.1. The Kier molecular flexibility index (Phi) is 5.67. The average molecular weight is 378 g/mol. The highest BCUT2D eigenvalue weighted by Crippen LogP contribution is 2.54. The molecule has 0 aliphatic carbocycles. The highest BCUT2D eigenvalue weighted by atomic mass is 19.4. The molecule has 0 bridgehead atoms. The predicted octanol–water partition coefficient (Wildman–Crippen LogP) is 5.39. The molecule has 2 aromatic rings. The Labute approximate surface area is 146 Å². The number of hydrogen-bond acceptors (Lipinski definition) is 2. The minimum atomic E-state index is -6.10. The van der Waals surface area contributed by atoms with Crippen molar-refractivity contribution in [3.05, 3.63) is 71.3 Å². The van der Waals surface area contributed by atoms with Crippen molar-refractivity contribution in [1.82, 2.24) is 0 Å². The molecule has 1 atom stereocenters. The van der Waals surface area contributed by atoms with Gasteiger partial charge in [0.25, 0.3) is 0 Å². The molecule has 0 radical (unpaired) electrons. The van der Waals surface area contributed by atoms with Gasteiger partial charge in [-0.2, -0.15) is 22.0 Å². The molecule has 2 rings (SSSR count). The highest BCUT2D eigenvalue weighted by Gasteiger charge is 2.72. The van der Waals surface area contributed by atoms with Crippen molar-refractivity contribution in [2.45, 2.75) is 24.1 Å². The van der Waals surface area contributed by atoms with Crippen molar-refractivity contribution in [3.8, 4) is 0 Å². The summed E-state index contributed by atoms with van der Waals surface area (Å²) in [5.74, 6) is -5.67. The Morgan fingerprint density at radius 1 is 0.731 bits per heavy atom. The molecule has 1 unspecified atom stereocenters. The zero-order chi connectivity index (χ0) is 19.6. The first-order valence-electron chi connectivity index (χ1n) is 7.44. The Morgan fingerprint density at radius 2 is 1.27 bits per heavy atom. The summed E-state index contributed by atoms with van der Waals surface area (Å²) in [4.78, 5) is 0. The van der Waals surface area contributed by atoms with Gasteiger partial charge in [-0.1, -0.05) is 48.5 Å². The van der Waals surface area contributed by atoms with E-state index in [1.54, 1.807) is 0 Å². The molecule has 0 N–H and O–H groups in total. The monoisotopic (exact) mass is 378 g/mol. The van der Waals surface area contributed by atoms with Crippen molar-refractivity contribution in [2.75, 3.05) is 14.2 Å². The minimum absolute atomic E-state index is 0.100. The van der Waals surface area contributed by atoms with Gasteiger partial charge in [-0.25, -0.2) is 4.39 Å². The molecular weight excluding hydrogens is 362 g/mol. The Morgan fingerprint density at radius 3 is 1.77 bits per heavy atom. The van der Waals surface area contributed by atoms with Crippen LogP contribution < -0.4 is 0 Å². The van der Waals surface area contributed by atoms with Crippen molar-refractivity contribution in [1.29, 1.82) is 0 Å². The zero-order valence-corrected chi connectivity index (χ0v) is 13.9. The highest BCUT2D eigenvalue weighted by molar-refractivity contribution is 5.41. The third-order valence-corrected chi connectivity index (χ3v) is 3.94. The molecule has 0 heterocycles. The van der Waals surface area contributed by atoms with Crippen LogP contribution in [0.2, 0.25) is 0 Å². The number of benzene rings is 2. The molecule has 0 aliphatic heterocycles. The van der Waals surface area contributed by atoms with Crippen LogP contribution in [-0.4, -0.2) is 26.3 Å². The summed E-state index contributed by atoms with van der Waals surface area (Å²) in [6.45, 7) is 0. The van der Waals surface area contributed by atoms with Crippen LogP contribution in [0.25, 0.3) is 0 Å². The SMILES string of the molecule is COC(OC)c1cccc(C(F)(c2ccccc2)C(F)(F)C(F)(F)F)c1. The maximum atomic E-state index is 15.6. The van der Waals surface area contributed by atoms with Crippen LogP contribution in [0, 0.1) is 0 Å². The van der Waals surface area contributed by atoms with E-state index in [9.17, 15) is 22.0 Å². The zero-order valence-electron chi connectivity index (χ0n) is 13.9. The molecular formula is C18H16F6O2. The van der Waals surface area contributed by atoms with Crippen molar-refractivity contribution in [2.24, 2.45) is 0 Å². The summed E-state index contributed by atoms with van der Waals surface area (Å²) in [6.07, 6.45) is -7.15. The number of methoxy groups -OCH3 is 2. The molecule has 2 nitrogen and oxygen atoms in total. The van der Waals surface area contributed by atoms with Gasteiger partial charge in [-0.15, -0.1) is 0 Å². The third kappa shape index (κ3) is 3.31. The molecule has 0 fully saturated rings. The third-order valence-electron chi connectivity index (χ3n) is 3.94. The number of rotatable bonds is 6. The fourth-order valence-corrected chi connectivity index (χ4v) is 2.66. The van der Waals surface area contributed by atoms with Gasteiger partial charge >= 0.3 is 12.1 Å². The molecule has 8 heteroatoms. The lowest BCUT2D eigenvalue weighted by Crippen LogP contribution is -2.53. The van der Waals surface area contributed by atoms with Crippen LogP contribution in [0.4, 0.5) is 26.3 Å². The fraction of sp³-hybridized carbons (Fsp3) is 0.333. The summed E-state index contributed by atoms with van der Waals surface area (Å²) in [5.41, 5.74) is -5.70. The van der Waals surface area contributed by atoms with Gasteiger partial charge in [0.1, 0.15) is 0 Å². The van der Waals surface area contributed by atoms with Gasteiger partial charge in [0.2, 0.25) is 5.67 Å². The number of alkyl halides is 6. The quantitative estimate of drug-likeness (QED) is 0.496. The second-order valence-corrected chi connectivity index (χ2v) is 5.53. The molecule has 0 spiro atoms. The maximum absolute atomic E-state index is 15.6. The van der Waals surface area contributed by atoms with Gasteiger partial charge in [-0.3, -0.25) is 0 Å². The lowest BCUT2D eigenvalue weighted by molar-refractivity contribution is -0.323. The van der Waals surface area contributed by atoms with Crippen molar-refractivity contribution in [3.63, 3.8) is 0 Å². The fourth-order valence-electron chi connectivity index (χ4n) is 2.66. The van der Waals surface area contributed by atoms with E-state index in [1.165, 1.54) is 44.6 Å². The van der Waals surface area contributed by atoms with Gasteiger partial charge in [0.05, 0.1) is 0 Å².